The molecule has 0 aliphatic carbocycles. The van der Waals surface area contributed by atoms with Crippen molar-refractivity contribution in [1.82, 2.24) is 34.1 Å². The molecule has 1 aromatic heterocycles. The van der Waals surface area contributed by atoms with Gasteiger partial charge >= 0.3 is 6.09 Å². The van der Waals surface area contributed by atoms with Gasteiger partial charge in [0.15, 0.2) is 8.32 Å². The quantitative estimate of drug-likeness (QED) is 0.0585. The summed E-state index contributed by atoms with van der Waals surface area (Å²) in [5.41, 5.74) is 7.40. The molecule has 5 aromatic rings. The Labute approximate surface area is 420 Å². The molecule has 4 aromatic carbocycles. The van der Waals surface area contributed by atoms with Crippen LogP contribution < -0.4 is 20.1 Å². The number of carboxylic acid groups (broad SMARTS) is 1. The average molecular weight is 1030 g/mol. The summed E-state index contributed by atoms with van der Waals surface area (Å²) < 4.78 is 85.1. The molecule has 0 spiro atoms. The fourth-order valence-electron chi connectivity index (χ4n) is 8.09. The maximum Gasteiger partial charge on any atom is 0.407 e. The van der Waals surface area contributed by atoms with Gasteiger partial charge < -0.3 is 34.5 Å². The van der Waals surface area contributed by atoms with Crippen molar-refractivity contribution in [1.29, 1.82) is 0 Å². The number of amides is 1. The Kier molecular flexibility index (Phi) is 17.9. The fourth-order valence-corrected chi connectivity index (χ4v) is 12.9. The number of methoxy groups -OCH3 is 1. The van der Waals surface area contributed by atoms with Crippen molar-refractivity contribution in [3.05, 3.63) is 114 Å². The summed E-state index contributed by atoms with van der Waals surface area (Å²) in [7, 11) is -10.8. The molecule has 6 rings (SSSR count). The van der Waals surface area contributed by atoms with Crippen LogP contribution in [0.1, 0.15) is 71.1 Å². The van der Waals surface area contributed by atoms with E-state index in [0.717, 1.165) is 5.56 Å². The number of nitrogens with one attached hydrogen (secondary N) is 1. The summed E-state index contributed by atoms with van der Waals surface area (Å²) >= 11 is 0. The second-order valence-corrected chi connectivity index (χ2v) is 28.7. The van der Waals surface area contributed by atoms with Crippen molar-refractivity contribution in [3.63, 3.8) is 0 Å². The molecule has 386 valence electrons. The summed E-state index contributed by atoms with van der Waals surface area (Å²) in [6.45, 7) is 16.4. The molecule has 0 unspecified atom stereocenters. The highest BCUT2D eigenvalue weighted by Crippen LogP contribution is 2.42. The van der Waals surface area contributed by atoms with Crippen LogP contribution in [-0.2, 0) is 48.8 Å². The van der Waals surface area contributed by atoms with Gasteiger partial charge in [0.05, 0.1) is 44.6 Å². The number of tetrazole rings is 1. The van der Waals surface area contributed by atoms with Crippen LogP contribution in [0.3, 0.4) is 0 Å². The van der Waals surface area contributed by atoms with Gasteiger partial charge in [-0.3, -0.25) is 0 Å². The highest BCUT2D eigenvalue weighted by molar-refractivity contribution is 7.92. The third-order valence-electron chi connectivity index (χ3n) is 13.0. The number of nitrogens with two attached hydrogens (primary N) is 1. The molecule has 1 aliphatic heterocycles. The number of piperidine rings is 1. The molecule has 18 nitrogen and oxygen atoms in total. The number of ether oxygens (including phenoxy) is 2. The minimum Gasteiger partial charge on any atom is -0.497 e. The number of sulfonamides is 2. The van der Waals surface area contributed by atoms with Crippen LogP contribution in [0.5, 0.6) is 5.75 Å². The van der Waals surface area contributed by atoms with Crippen molar-refractivity contribution in [2.24, 2.45) is 5.73 Å². The molecule has 71 heavy (non-hydrogen) atoms. The van der Waals surface area contributed by atoms with Gasteiger partial charge in [-0.1, -0.05) is 93.6 Å². The molecule has 1 saturated heterocycles. The van der Waals surface area contributed by atoms with Crippen molar-refractivity contribution in [3.8, 4) is 17.1 Å². The van der Waals surface area contributed by atoms with E-state index in [0.29, 0.717) is 61.6 Å². The van der Waals surface area contributed by atoms with E-state index in [1.54, 1.807) is 46.1 Å². The van der Waals surface area contributed by atoms with E-state index in [1.165, 1.54) is 20.1 Å². The van der Waals surface area contributed by atoms with Gasteiger partial charge in [-0.15, -0.1) is 10.2 Å². The van der Waals surface area contributed by atoms with Crippen LogP contribution in [-0.4, -0.2) is 130 Å². The second-order valence-electron chi connectivity index (χ2n) is 20.3. The molecule has 1 amide bonds. The predicted molar refractivity (Wildman–Crippen MR) is 277 cm³/mol. The summed E-state index contributed by atoms with van der Waals surface area (Å²) in [6, 6.07) is 28.4. The van der Waals surface area contributed by atoms with Crippen LogP contribution >= 0.6 is 0 Å². The highest BCUT2D eigenvalue weighted by Gasteiger charge is 2.43. The maximum atomic E-state index is 16.1. The SMILES string of the molecule is COc1ccc(Cn2nnc(-c3c(N4CCC(OCCN)CC4)ccc(S(=O)(=O)NC[C@@H](CN(C(=O)O)C(C)(C)C)O[Si](C)(C)C(C)(C)C)c3S(=O)(=O)N(Cc3ccccc3)Cc3ccccc3)n2)cc1. The van der Waals surface area contributed by atoms with Crippen molar-refractivity contribution in [2.75, 3.05) is 51.3 Å². The average Bonchev–Trinajstić information content (AvgIpc) is 3.79. The Bertz CT molecular complexity index is 2720. The normalized spacial score (nSPS) is 14.7. The molecular weight excluding hydrogens is 963 g/mol. The fraction of sp³-hybridized carbons (Fsp3) is 0.480. The Morgan fingerprint density at radius 2 is 1.46 bits per heavy atom. The number of benzene rings is 4. The van der Waals surface area contributed by atoms with E-state index in [2.05, 4.69) is 15.0 Å². The van der Waals surface area contributed by atoms with E-state index in [9.17, 15) is 9.90 Å². The van der Waals surface area contributed by atoms with Crippen LogP contribution in [0.4, 0.5) is 10.5 Å². The molecular formula is C50H71N9O9S2Si. The number of aromatic nitrogens is 4. The third kappa shape index (κ3) is 14.0. The lowest BCUT2D eigenvalue weighted by molar-refractivity contribution is 0.0422. The summed E-state index contributed by atoms with van der Waals surface area (Å²) in [6.07, 6.45) is -1.07. The standard InChI is InChI=1S/C50H71N9O9S2Si/c1-49(2,3)58(48(60)61)36-42(68-71(8,9)50(4,5)6)32-52-69(62,63)44-25-24-43(56-29-26-41(27-30-56)67-31-28-51)45(47-53-55-59(54-47)35-39-20-22-40(66-7)23-21-39)46(44)70(64,65)57(33-37-16-12-10-13-17-37)34-38-18-14-11-15-19-38/h10-25,41-42,52H,26-36,51H2,1-9H3,(H,60,61)/t42-/m0/s1. The zero-order chi connectivity index (χ0) is 51.8. The minimum atomic E-state index is -4.86. The first-order valence-corrected chi connectivity index (χ1v) is 29.7. The molecule has 21 heteroatoms. The lowest BCUT2D eigenvalue weighted by atomic mass is 10.0. The molecule has 1 fully saturated rings. The smallest absolute Gasteiger partial charge is 0.407 e. The minimum absolute atomic E-state index is 0.0415. The molecule has 0 saturated carbocycles. The van der Waals surface area contributed by atoms with Crippen molar-refractivity contribution in [2.45, 2.75) is 120 Å². The Hall–Kier alpha value is -5.26. The van der Waals surface area contributed by atoms with Crippen LogP contribution in [0.15, 0.2) is 107 Å². The number of hydrogen-bond donors (Lipinski definition) is 3. The predicted octanol–water partition coefficient (Wildman–Crippen LogP) is 7.18. The number of anilines is 1. The Balaban J connectivity index is 1.57. The van der Waals surface area contributed by atoms with Gasteiger partial charge in [-0.05, 0) is 97.9 Å². The van der Waals surface area contributed by atoms with E-state index >= 15 is 16.8 Å². The first-order valence-electron chi connectivity index (χ1n) is 23.8. The van der Waals surface area contributed by atoms with E-state index < -0.39 is 55.9 Å². The van der Waals surface area contributed by atoms with Gasteiger partial charge in [0, 0.05) is 50.5 Å². The van der Waals surface area contributed by atoms with Gasteiger partial charge in [-0.2, -0.15) is 9.10 Å². The third-order valence-corrected chi connectivity index (χ3v) is 21.0. The van der Waals surface area contributed by atoms with E-state index in [-0.39, 0.29) is 55.3 Å². The van der Waals surface area contributed by atoms with Crippen LogP contribution in [0.2, 0.25) is 18.1 Å². The monoisotopic (exact) mass is 1030 g/mol. The lowest BCUT2D eigenvalue weighted by Gasteiger charge is -2.42. The summed E-state index contributed by atoms with van der Waals surface area (Å²) in [4.78, 5) is 16.2. The van der Waals surface area contributed by atoms with Gasteiger partial charge in [0.25, 0.3) is 0 Å². The van der Waals surface area contributed by atoms with E-state index in [1.807, 2.05) is 112 Å². The highest BCUT2D eigenvalue weighted by atomic mass is 32.2. The van der Waals surface area contributed by atoms with Crippen LogP contribution in [0.25, 0.3) is 11.4 Å². The molecule has 0 bridgehead atoms. The molecule has 0 radical (unpaired) electrons. The van der Waals surface area contributed by atoms with Crippen LogP contribution in [0, 0.1) is 0 Å². The number of hydrogen-bond acceptors (Lipinski definition) is 13. The molecule has 1 aliphatic rings. The number of carbonyl (C=O) groups is 1. The Morgan fingerprint density at radius 3 is 1.99 bits per heavy atom. The van der Waals surface area contributed by atoms with Gasteiger partial charge in [-0.25, -0.2) is 26.4 Å². The van der Waals surface area contributed by atoms with Gasteiger partial charge in [0.1, 0.15) is 15.5 Å². The Morgan fingerprint density at radius 1 is 0.873 bits per heavy atom. The lowest BCUT2D eigenvalue weighted by Crippen LogP contribution is -2.55. The maximum absolute atomic E-state index is 16.1. The van der Waals surface area contributed by atoms with Crippen molar-refractivity contribution < 1.29 is 40.6 Å². The topological polar surface area (TPSA) is 225 Å². The number of nitrogens with zero attached hydrogens (tertiary/aromatic N) is 7. The molecule has 4 N–H and O–H groups in total. The van der Waals surface area contributed by atoms with E-state index in [4.69, 9.17) is 24.7 Å². The summed E-state index contributed by atoms with van der Waals surface area (Å²) in [5, 5.41) is 23.7. The summed E-state index contributed by atoms with van der Waals surface area (Å²) in [5.74, 6) is 0.553. The molecule has 2 heterocycles. The van der Waals surface area contributed by atoms with Crippen molar-refractivity contribution >= 4 is 40.1 Å². The zero-order valence-electron chi connectivity index (χ0n) is 42.4. The second kappa shape index (κ2) is 23.1. The van der Waals surface area contributed by atoms with Gasteiger partial charge in [0.2, 0.25) is 25.9 Å². The first-order chi connectivity index (χ1) is 33.4. The number of rotatable bonds is 22. The zero-order valence-corrected chi connectivity index (χ0v) is 45.0. The first kappa shape index (κ1) is 55.1. The molecule has 1 atom stereocenters. The largest absolute Gasteiger partial charge is 0.497 e.